The van der Waals surface area contributed by atoms with Crippen molar-refractivity contribution < 1.29 is 145 Å². The maximum atomic E-state index is 8.74. The molecule has 0 aliphatic rings. The zero-order chi connectivity index (χ0) is 96.4. The molecule has 744 valence electrons. The topological polar surface area (TPSA) is 536 Å². The molecule has 0 aromatic heterocycles. The number of quaternary nitrogens is 5. The van der Waals surface area contributed by atoms with E-state index in [-0.39, 0.29) is 0 Å². The van der Waals surface area contributed by atoms with Crippen molar-refractivity contribution in [2.75, 3.05) is 131 Å². The Balaban J connectivity index is -0.000000110. The van der Waals surface area contributed by atoms with Crippen LogP contribution in [0.5, 0.6) is 0 Å². The van der Waals surface area contributed by atoms with E-state index >= 15 is 0 Å². The molecule has 40 heteroatoms. The second-order valence-electron chi connectivity index (χ2n) is 31.3. The lowest BCUT2D eigenvalue weighted by Crippen LogP contribution is -2.50. The van der Waals surface area contributed by atoms with E-state index in [0.29, 0.717) is 0 Å². The monoisotopic (exact) mass is 1890 g/mol. The molecular weight excluding hydrogens is 1700 g/mol. The van der Waals surface area contributed by atoms with Gasteiger partial charge in [-0.3, -0.25) is 41.0 Å². The summed E-state index contributed by atoms with van der Waals surface area (Å²) >= 11 is 0. The van der Waals surface area contributed by atoms with Crippen LogP contribution in [0.15, 0.2) is 0 Å². The largest absolute Gasteiger partial charge is 0.726 e. The van der Waals surface area contributed by atoms with Gasteiger partial charge in [0.25, 0.3) is 0 Å². The van der Waals surface area contributed by atoms with Crippen molar-refractivity contribution in [2.45, 2.75) is 395 Å². The first-order valence-electron chi connectivity index (χ1n) is 45.3. The molecule has 0 aliphatic heterocycles. The molecule has 0 bridgehead atoms. The van der Waals surface area contributed by atoms with Gasteiger partial charge in [0.2, 0.25) is 52.0 Å². The second-order valence-corrected chi connectivity index (χ2v) is 37.4. The van der Waals surface area contributed by atoms with E-state index in [9.17, 15) is 0 Å². The molecular formula is C80H189N5O28S7. The van der Waals surface area contributed by atoms with Crippen molar-refractivity contribution in [3.63, 3.8) is 0 Å². The molecule has 0 spiro atoms. The third kappa shape index (κ3) is 161. The van der Waals surface area contributed by atoms with Crippen molar-refractivity contribution in [1.29, 1.82) is 0 Å². The van der Waals surface area contributed by atoms with Gasteiger partial charge in [0.05, 0.1) is 131 Å². The van der Waals surface area contributed by atoms with Crippen LogP contribution in [0, 0.1) is 0 Å². The van der Waals surface area contributed by atoms with Gasteiger partial charge in [0.1, 0.15) is 0 Å². The van der Waals surface area contributed by atoms with E-state index in [2.05, 4.69) is 138 Å². The molecule has 0 heterocycles. The van der Waals surface area contributed by atoms with Crippen LogP contribution in [0.4, 0.5) is 0 Å². The summed E-state index contributed by atoms with van der Waals surface area (Å²) in [6.07, 6.45) is 55.3. The molecule has 0 unspecified atom stereocenters. The molecule has 0 radical (unpaired) electrons. The summed E-state index contributed by atoms with van der Waals surface area (Å²) in [6.45, 7) is 75.1. The minimum Gasteiger partial charge on any atom is -0.726 e. The maximum absolute atomic E-state index is 8.74. The Kier molecular flexibility index (Phi) is 113. The number of unbranched alkanes of at least 4 members (excludes halogenated alkanes) is 20. The molecule has 0 aliphatic carbocycles. The number of nitrogens with zero attached hydrogens (tertiary/aromatic N) is 5. The average Bonchev–Trinajstić information content (AvgIpc) is 0.901. The fourth-order valence-corrected chi connectivity index (χ4v) is 13.2. The Morgan fingerprint density at radius 1 is 0.142 bits per heavy atom. The van der Waals surface area contributed by atoms with Crippen molar-refractivity contribution in [3.05, 3.63) is 0 Å². The molecule has 0 saturated carbocycles. The fraction of sp³-hybridized carbons (Fsp3) is 1.00. The maximum Gasteiger partial charge on any atom is 0.394 e. The van der Waals surface area contributed by atoms with Crippen LogP contribution < -0.4 is 0 Å². The SMILES string of the molecule is CCCC[N+](CCCC)(CCCC)CCCC.CCCC[N+](CCCC)(CCCC)CCCC.CCCC[N+](CCCC)(CCCC)CCCC.CCCC[N+](CCCC)(CCCC)CCCC.CCCC[N+](CCCC)(CCCC)CCCC.O=S(=O)(O)O.O=S(=O)(O)O.O=S(=O)([O-])O.O=S(=O)([O-])O.O=S(=O)([O-])O.O=S(=O)([O-])O.O=S(=O)([O-])O. The van der Waals surface area contributed by atoms with Gasteiger partial charge < -0.3 is 45.2 Å². The molecule has 0 rings (SSSR count). The summed E-state index contributed by atoms with van der Waals surface area (Å²) in [5, 5.41) is 0. The normalized spacial score (nSPS) is 11.9. The van der Waals surface area contributed by atoms with Gasteiger partial charge in [-0.1, -0.05) is 267 Å². The van der Waals surface area contributed by atoms with Crippen molar-refractivity contribution in [3.8, 4) is 0 Å². The Morgan fingerprint density at radius 3 is 0.200 bits per heavy atom. The van der Waals surface area contributed by atoms with Crippen LogP contribution in [0.1, 0.15) is 395 Å². The third-order valence-corrected chi connectivity index (χ3v) is 19.7. The van der Waals surface area contributed by atoms with E-state index < -0.39 is 72.8 Å². The molecule has 120 heavy (non-hydrogen) atoms. The number of hydrogen-bond donors (Lipinski definition) is 9. The highest BCUT2D eigenvalue weighted by atomic mass is 32.3. The summed E-state index contributed by atoms with van der Waals surface area (Å²) in [6, 6.07) is 0. The Bertz CT molecular complexity index is 2180. The Hall–Kier alpha value is -1.11. The molecule has 0 aromatic carbocycles. The lowest BCUT2D eigenvalue weighted by Gasteiger charge is -2.39. The van der Waals surface area contributed by atoms with Gasteiger partial charge in [0, 0.05) is 0 Å². The van der Waals surface area contributed by atoms with Crippen LogP contribution in [-0.2, 0) is 72.8 Å². The minimum absolute atomic E-state index is 1.35. The molecule has 0 atom stereocenters. The molecule has 0 amide bonds. The zero-order valence-electron chi connectivity index (χ0n) is 79.3. The van der Waals surface area contributed by atoms with Crippen LogP contribution in [0.25, 0.3) is 0 Å². The van der Waals surface area contributed by atoms with E-state index in [4.69, 9.17) is 123 Å². The summed E-state index contributed by atoms with van der Waals surface area (Å²) in [4.78, 5) is 0. The summed E-state index contributed by atoms with van der Waals surface area (Å²) in [5.41, 5.74) is 0. The van der Waals surface area contributed by atoms with Gasteiger partial charge in [-0.15, -0.1) is 0 Å². The summed E-state index contributed by atoms with van der Waals surface area (Å²) < 4.78 is 234. The van der Waals surface area contributed by atoms with Crippen LogP contribution in [0.2, 0.25) is 0 Å². The molecule has 0 aromatic rings. The van der Waals surface area contributed by atoms with Crippen molar-refractivity contribution >= 4 is 72.8 Å². The van der Waals surface area contributed by atoms with Crippen LogP contribution >= 0.6 is 0 Å². The predicted octanol–water partition coefficient (Wildman–Crippen LogP) is 18.7. The standard InChI is InChI=1S/5C16H36N.7H2O4S/c5*1-5-9-13-17(14-10-6-2,15-11-7-3)16-12-8-4;7*1-5(2,3)4/h5*5-16H2,1-4H3;7*(H2,1,2,3,4)/q5*+1;;;;;;;/p-5. The third-order valence-electron chi connectivity index (χ3n) is 19.7. The van der Waals surface area contributed by atoms with E-state index in [1.54, 1.807) is 0 Å². The summed E-state index contributed by atoms with van der Waals surface area (Å²) in [5.74, 6) is 0. The first-order chi connectivity index (χ1) is 55.2. The second kappa shape index (κ2) is 94.0. The van der Waals surface area contributed by atoms with E-state index in [0.717, 1.165) is 0 Å². The minimum atomic E-state index is -4.92. The van der Waals surface area contributed by atoms with Gasteiger partial charge in [-0.2, -0.15) is 16.8 Å². The first kappa shape index (κ1) is 145. The number of rotatable bonds is 60. The average molecular weight is 1890 g/mol. The van der Waals surface area contributed by atoms with Gasteiger partial charge in [-0.05, 0) is 128 Å². The van der Waals surface area contributed by atoms with Gasteiger partial charge in [-0.25, -0.2) is 42.1 Å². The van der Waals surface area contributed by atoms with Crippen molar-refractivity contribution in [1.82, 2.24) is 0 Å². The van der Waals surface area contributed by atoms with Crippen LogP contribution in [-0.4, -0.2) is 276 Å². The predicted molar refractivity (Wildman–Crippen MR) is 487 cm³/mol. The van der Waals surface area contributed by atoms with Crippen molar-refractivity contribution in [2.24, 2.45) is 0 Å². The van der Waals surface area contributed by atoms with E-state index in [1.807, 2.05) is 0 Å². The quantitative estimate of drug-likeness (QED) is 0.0155. The highest BCUT2D eigenvalue weighted by Crippen LogP contribution is 2.22. The fourth-order valence-electron chi connectivity index (χ4n) is 13.2. The highest BCUT2D eigenvalue weighted by molar-refractivity contribution is 7.81. The van der Waals surface area contributed by atoms with Gasteiger partial charge >= 0.3 is 20.8 Å². The molecule has 33 nitrogen and oxygen atoms in total. The zero-order valence-corrected chi connectivity index (χ0v) is 85.0. The first-order valence-corrected chi connectivity index (χ1v) is 54.9. The Labute approximate surface area is 739 Å². The number of hydrogen-bond acceptors (Lipinski definition) is 19. The Morgan fingerprint density at radius 2 is 0.175 bits per heavy atom. The summed E-state index contributed by atoms with van der Waals surface area (Å²) in [7, 11) is -33.9. The molecule has 9 N–H and O–H groups in total. The molecule has 0 saturated heterocycles. The lowest BCUT2D eigenvalue weighted by atomic mass is 10.1. The van der Waals surface area contributed by atoms with Gasteiger partial charge in [0.15, 0.2) is 0 Å². The lowest BCUT2D eigenvalue weighted by molar-refractivity contribution is -0.929. The van der Waals surface area contributed by atoms with Crippen LogP contribution in [0.3, 0.4) is 0 Å². The smallest absolute Gasteiger partial charge is 0.394 e. The van der Waals surface area contributed by atoms with E-state index in [1.165, 1.54) is 410 Å². The molecule has 0 fully saturated rings. The highest BCUT2D eigenvalue weighted by Gasteiger charge is 2.29.